The lowest BCUT2D eigenvalue weighted by atomic mass is 9.51. The smallest absolute Gasteiger partial charge is 0.115 e. The lowest BCUT2D eigenvalue weighted by molar-refractivity contribution is -0.0498. The maximum absolute atomic E-state index is 10.7. The number of aliphatic hydroxyl groups is 1. The first kappa shape index (κ1) is 15.5. The fourth-order valence-corrected chi connectivity index (χ4v) is 6.50. The molecule has 23 heavy (non-hydrogen) atoms. The summed E-state index contributed by atoms with van der Waals surface area (Å²) >= 11 is 0. The summed E-state index contributed by atoms with van der Waals surface area (Å²) < 4.78 is 0. The molecule has 1 aromatic rings. The van der Waals surface area contributed by atoms with Crippen molar-refractivity contribution in [2.24, 2.45) is 23.2 Å². The van der Waals surface area contributed by atoms with Crippen LogP contribution in [0.25, 0.3) is 0 Å². The highest BCUT2D eigenvalue weighted by Crippen LogP contribution is 2.63. The minimum Gasteiger partial charge on any atom is -0.508 e. The second-order valence-corrected chi connectivity index (χ2v) is 8.57. The summed E-state index contributed by atoms with van der Waals surface area (Å²) in [5.74, 6) is 3.13. The molecule has 3 aliphatic carbocycles. The Morgan fingerprint density at radius 3 is 2.83 bits per heavy atom. The van der Waals surface area contributed by atoms with Gasteiger partial charge in [-0.05, 0) is 84.5 Å². The van der Waals surface area contributed by atoms with E-state index in [1.54, 1.807) is 0 Å². The van der Waals surface area contributed by atoms with Crippen LogP contribution in [0, 0.1) is 23.2 Å². The number of rotatable bonds is 2. The largest absolute Gasteiger partial charge is 0.508 e. The molecule has 1 aromatic carbocycles. The zero-order valence-corrected chi connectivity index (χ0v) is 14.5. The maximum Gasteiger partial charge on any atom is 0.115 e. The number of aromatic hydroxyl groups is 1. The SMILES string of the molecule is CCCC1C[C@]2(C)[C@@H](O)CC[C@H]2[C@@H]2CCc3cc(O)ccc3[C@@H]12. The van der Waals surface area contributed by atoms with E-state index in [4.69, 9.17) is 0 Å². The number of hydrogen-bond acceptors (Lipinski definition) is 2. The van der Waals surface area contributed by atoms with Gasteiger partial charge in [-0.2, -0.15) is 0 Å². The number of aliphatic hydroxyl groups excluding tert-OH is 1. The van der Waals surface area contributed by atoms with E-state index in [0.29, 0.717) is 23.5 Å². The van der Waals surface area contributed by atoms with Gasteiger partial charge in [0.2, 0.25) is 0 Å². The van der Waals surface area contributed by atoms with E-state index < -0.39 is 0 Å². The van der Waals surface area contributed by atoms with Crippen LogP contribution in [0.4, 0.5) is 0 Å². The first-order valence-electron chi connectivity index (χ1n) is 9.54. The topological polar surface area (TPSA) is 40.5 Å². The zero-order valence-electron chi connectivity index (χ0n) is 14.5. The Morgan fingerprint density at radius 1 is 1.22 bits per heavy atom. The number of fused-ring (bicyclic) bond motifs is 5. The van der Waals surface area contributed by atoms with Gasteiger partial charge in [0.15, 0.2) is 0 Å². The first-order valence-corrected chi connectivity index (χ1v) is 9.54. The van der Waals surface area contributed by atoms with Crippen LogP contribution in [0.2, 0.25) is 0 Å². The fourth-order valence-electron chi connectivity index (χ4n) is 6.50. The van der Waals surface area contributed by atoms with Crippen LogP contribution in [0.15, 0.2) is 18.2 Å². The number of phenolic OH excluding ortho intramolecular Hbond substituents is 1. The molecule has 2 nitrogen and oxygen atoms in total. The van der Waals surface area contributed by atoms with Gasteiger partial charge in [0.05, 0.1) is 6.10 Å². The molecule has 0 aromatic heterocycles. The van der Waals surface area contributed by atoms with Gasteiger partial charge in [0.1, 0.15) is 5.75 Å². The van der Waals surface area contributed by atoms with Gasteiger partial charge < -0.3 is 10.2 Å². The Labute approximate surface area is 139 Å². The van der Waals surface area contributed by atoms with Crippen LogP contribution in [-0.2, 0) is 6.42 Å². The predicted octanol–water partition coefficient (Wildman–Crippen LogP) is 4.64. The fraction of sp³-hybridized carbons (Fsp3) is 0.714. The molecule has 0 bridgehead atoms. The highest BCUT2D eigenvalue weighted by molar-refractivity contribution is 5.40. The molecule has 4 rings (SSSR count). The van der Waals surface area contributed by atoms with Gasteiger partial charge in [-0.3, -0.25) is 0 Å². The van der Waals surface area contributed by atoms with Crippen molar-refractivity contribution < 1.29 is 10.2 Å². The third-order valence-corrected chi connectivity index (χ3v) is 7.44. The van der Waals surface area contributed by atoms with E-state index in [1.165, 1.54) is 43.2 Å². The monoisotopic (exact) mass is 314 g/mol. The summed E-state index contributed by atoms with van der Waals surface area (Å²) in [5.41, 5.74) is 3.01. The molecule has 2 fully saturated rings. The van der Waals surface area contributed by atoms with E-state index in [2.05, 4.69) is 19.9 Å². The minimum atomic E-state index is -0.103. The Balaban J connectivity index is 1.77. The third kappa shape index (κ3) is 2.25. The summed E-state index contributed by atoms with van der Waals surface area (Å²) in [5, 5.41) is 20.5. The molecule has 2 heteroatoms. The predicted molar refractivity (Wildman–Crippen MR) is 92.5 cm³/mol. The molecule has 1 unspecified atom stereocenters. The Bertz CT molecular complexity index is 596. The van der Waals surface area contributed by atoms with Gasteiger partial charge in [0, 0.05) is 0 Å². The highest BCUT2D eigenvalue weighted by Gasteiger charge is 2.57. The van der Waals surface area contributed by atoms with Gasteiger partial charge in [-0.25, -0.2) is 0 Å². The van der Waals surface area contributed by atoms with Crippen LogP contribution in [0.1, 0.15) is 69.4 Å². The van der Waals surface area contributed by atoms with E-state index in [9.17, 15) is 10.2 Å². The van der Waals surface area contributed by atoms with Crippen molar-refractivity contribution in [3.8, 4) is 5.75 Å². The van der Waals surface area contributed by atoms with Crippen molar-refractivity contribution in [1.82, 2.24) is 0 Å². The van der Waals surface area contributed by atoms with Crippen molar-refractivity contribution in [2.45, 2.75) is 70.8 Å². The number of hydrogen-bond donors (Lipinski definition) is 2. The summed E-state index contributed by atoms with van der Waals surface area (Å²) in [6, 6.07) is 6.06. The summed E-state index contributed by atoms with van der Waals surface area (Å²) in [4.78, 5) is 0. The van der Waals surface area contributed by atoms with E-state index >= 15 is 0 Å². The normalized spacial score (nSPS) is 42.0. The van der Waals surface area contributed by atoms with Crippen LogP contribution in [-0.4, -0.2) is 16.3 Å². The van der Waals surface area contributed by atoms with Crippen molar-refractivity contribution in [1.29, 1.82) is 0 Å². The van der Waals surface area contributed by atoms with Crippen molar-refractivity contribution >= 4 is 0 Å². The first-order chi connectivity index (χ1) is 11.0. The minimum absolute atomic E-state index is 0.103. The Kier molecular flexibility index (Phi) is 3.72. The summed E-state index contributed by atoms with van der Waals surface area (Å²) in [6.45, 7) is 4.65. The number of aryl methyl sites for hydroxylation is 1. The summed E-state index contributed by atoms with van der Waals surface area (Å²) in [7, 11) is 0. The van der Waals surface area contributed by atoms with Crippen molar-refractivity contribution in [3.63, 3.8) is 0 Å². The van der Waals surface area contributed by atoms with Crippen LogP contribution >= 0.6 is 0 Å². The molecule has 0 amide bonds. The van der Waals surface area contributed by atoms with E-state index in [1.807, 2.05) is 12.1 Å². The van der Waals surface area contributed by atoms with Crippen molar-refractivity contribution in [3.05, 3.63) is 29.3 Å². The van der Waals surface area contributed by atoms with E-state index in [0.717, 1.165) is 18.8 Å². The quantitative estimate of drug-likeness (QED) is 0.835. The summed E-state index contributed by atoms with van der Waals surface area (Å²) in [6.07, 6.45) is 8.06. The lowest BCUT2D eigenvalue weighted by Crippen LogP contribution is -2.47. The number of phenols is 1. The van der Waals surface area contributed by atoms with Gasteiger partial charge >= 0.3 is 0 Å². The molecule has 2 N–H and O–H groups in total. The Hall–Kier alpha value is -1.02. The van der Waals surface area contributed by atoms with Crippen molar-refractivity contribution in [2.75, 3.05) is 0 Å². The van der Waals surface area contributed by atoms with E-state index in [-0.39, 0.29) is 11.5 Å². The van der Waals surface area contributed by atoms with Crippen LogP contribution < -0.4 is 0 Å². The number of benzene rings is 1. The standard InChI is InChI=1S/C21H30O2/c1-3-4-14-12-21(2)18(9-10-19(21)23)17-7-5-13-11-15(22)6-8-16(13)20(14)17/h6,8,11,14,17-20,22-23H,3-5,7,9-10,12H2,1-2H3/t14?,17-,18-,19-,20+,21-/m0/s1. The second kappa shape index (κ2) is 5.51. The molecule has 0 saturated heterocycles. The maximum atomic E-state index is 10.7. The molecule has 0 spiro atoms. The molecular weight excluding hydrogens is 284 g/mol. The molecule has 6 atom stereocenters. The molecule has 3 aliphatic rings. The Morgan fingerprint density at radius 2 is 2.04 bits per heavy atom. The van der Waals surface area contributed by atoms with Crippen LogP contribution in [0.3, 0.4) is 0 Å². The average Bonchev–Trinajstić information content (AvgIpc) is 2.82. The zero-order chi connectivity index (χ0) is 16.2. The third-order valence-electron chi connectivity index (χ3n) is 7.44. The lowest BCUT2D eigenvalue weighted by Gasteiger charge is -2.54. The average molecular weight is 314 g/mol. The van der Waals surface area contributed by atoms with Gasteiger partial charge in [0.25, 0.3) is 0 Å². The molecular formula is C21H30O2. The van der Waals surface area contributed by atoms with Gasteiger partial charge in [-0.15, -0.1) is 0 Å². The molecule has 2 saturated carbocycles. The highest BCUT2D eigenvalue weighted by atomic mass is 16.3. The van der Waals surface area contributed by atoms with Gasteiger partial charge in [-0.1, -0.05) is 32.8 Å². The molecule has 0 aliphatic heterocycles. The molecule has 0 radical (unpaired) electrons. The molecule has 0 heterocycles. The second-order valence-electron chi connectivity index (χ2n) is 8.57. The van der Waals surface area contributed by atoms with Crippen LogP contribution in [0.5, 0.6) is 5.75 Å². The molecule has 126 valence electrons.